The predicted octanol–water partition coefficient (Wildman–Crippen LogP) is 3.38. The molecule has 1 aromatic carbocycles. The number of sulfonamides is 1. The average molecular weight is 439 g/mol. The fraction of sp³-hybridized carbons (Fsp3) is 0.368. The molecule has 0 N–H and O–H groups in total. The molecule has 1 aliphatic heterocycles. The van der Waals surface area contributed by atoms with Crippen LogP contribution in [0.4, 0.5) is 13.2 Å². The van der Waals surface area contributed by atoms with Crippen LogP contribution in [0.3, 0.4) is 0 Å². The van der Waals surface area contributed by atoms with Gasteiger partial charge in [-0.1, -0.05) is 12.1 Å². The second-order valence-corrected chi connectivity index (χ2v) is 8.98. The molecule has 0 bridgehead atoms. The summed E-state index contributed by atoms with van der Waals surface area (Å²) in [7, 11) is -3.71. The Morgan fingerprint density at radius 2 is 1.87 bits per heavy atom. The molecule has 7 nitrogen and oxygen atoms in total. The first-order valence-electron chi connectivity index (χ1n) is 9.45. The predicted molar refractivity (Wildman–Crippen MR) is 103 cm³/mol. The Morgan fingerprint density at radius 1 is 1.13 bits per heavy atom. The highest BCUT2D eigenvalue weighted by Crippen LogP contribution is 2.31. The molecule has 1 aliphatic rings. The van der Waals surface area contributed by atoms with Gasteiger partial charge >= 0.3 is 6.18 Å². The standard InChI is InChI=1S/C19H20F3N5O2S/c1-2-25-13-17(11-23-25)30(28,29)26-8-3-9-27-16(12-26)10-18(24-27)14-4-6-15(7-5-14)19(20,21)22/h4-7,10-11,13H,2-3,8-9,12H2,1H3. The molecular weight excluding hydrogens is 419 g/mol. The fourth-order valence-electron chi connectivity index (χ4n) is 3.41. The van der Waals surface area contributed by atoms with Crippen LogP contribution >= 0.6 is 0 Å². The van der Waals surface area contributed by atoms with Gasteiger partial charge in [-0.2, -0.15) is 27.7 Å². The van der Waals surface area contributed by atoms with E-state index in [0.717, 1.165) is 12.1 Å². The van der Waals surface area contributed by atoms with Crippen LogP contribution in [0.25, 0.3) is 11.3 Å². The minimum atomic E-state index is -4.40. The minimum Gasteiger partial charge on any atom is -0.272 e. The number of nitrogens with zero attached hydrogens (tertiary/aromatic N) is 5. The third-order valence-electron chi connectivity index (χ3n) is 5.06. The number of aryl methyl sites for hydroxylation is 2. The van der Waals surface area contributed by atoms with E-state index in [1.165, 1.54) is 28.8 Å². The first kappa shape index (κ1) is 20.6. The molecule has 160 valence electrons. The number of benzene rings is 1. The Morgan fingerprint density at radius 3 is 2.50 bits per heavy atom. The molecule has 4 rings (SSSR count). The number of alkyl halides is 3. The van der Waals surface area contributed by atoms with E-state index in [4.69, 9.17) is 0 Å². The van der Waals surface area contributed by atoms with Gasteiger partial charge < -0.3 is 0 Å². The molecule has 0 saturated carbocycles. The van der Waals surface area contributed by atoms with Gasteiger partial charge in [0, 0.05) is 31.4 Å². The van der Waals surface area contributed by atoms with Crippen molar-refractivity contribution in [2.45, 2.75) is 44.1 Å². The highest BCUT2D eigenvalue weighted by Gasteiger charge is 2.31. The summed E-state index contributed by atoms with van der Waals surface area (Å²) in [6, 6.07) is 6.51. The van der Waals surface area contributed by atoms with Crippen LogP contribution in [0.15, 0.2) is 47.6 Å². The van der Waals surface area contributed by atoms with E-state index in [1.54, 1.807) is 15.4 Å². The van der Waals surface area contributed by atoms with Gasteiger partial charge in [-0.25, -0.2) is 8.42 Å². The molecule has 0 atom stereocenters. The number of fused-ring (bicyclic) bond motifs is 1. The van der Waals surface area contributed by atoms with Gasteiger partial charge in [0.05, 0.1) is 29.7 Å². The number of aromatic nitrogens is 4. The first-order chi connectivity index (χ1) is 14.2. The van der Waals surface area contributed by atoms with Gasteiger partial charge in [0.2, 0.25) is 10.0 Å². The molecule has 0 radical (unpaired) electrons. The van der Waals surface area contributed by atoms with E-state index in [-0.39, 0.29) is 11.4 Å². The Balaban J connectivity index is 1.60. The summed E-state index contributed by atoms with van der Waals surface area (Å²) >= 11 is 0. The lowest BCUT2D eigenvalue weighted by Crippen LogP contribution is -2.30. The zero-order chi connectivity index (χ0) is 21.5. The molecule has 2 aromatic heterocycles. The van der Waals surface area contributed by atoms with E-state index in [9.17, 15) is 21.6 Å². The second kappa shape index (κ2) is 7.55. The lowest BCUT2D eigenvalue weighted by Gasteiger charge is -2.18. The molecule has 0 amide bonds. The van der Waals surface area contributed by atoms with Crippen molar-refractivity contribution < 1.29 is 21.6 Å². The summed E-state index contributed by atoms with van der Waals surface area (Å²) in [5, 5.41) is 8.52. The number of hydrogen-bond donors (Lipinski definition) is 0. The van der Waals surface area contributed by atoms with Crippen molar-refractivity contribution in [2.75, 3.05) is 6.54 Å². The number of rotatable bonds is 4. The summed E-state index contributed by atoms with van der Waals surface area (Å²) in [6.07, 6.45) is -0.980. The van der Waals surface area contributed by atoms with E-state index in [1.807, 2.05) is 6.92 Å². The Kier molecular flexibility index (Phi) is 5.18. The molecule has 0 saturated heterocycles. The molecule has 0 spiro atoms. The van der Waals surface area contributed by atoms with Crippen molar-refractivity contribution in [3.63, 3.8) is 0 Å². The maximum absolute atomic E-state index is 13.0. The van der Waals surface area contributed by atoms with Crippen molar-refractivity contribution in [1.82, 2.24) is 23.9 Å². The highest BCUT2D eigenvalue weighted by molar-refractivity contribution is 7.89. The molecular formula is C19H20F3N5O2S. The van der Waals surface area contributed by atoms with Crippen LogP contribution in [0.5, 0.6) is 0 Å². The average Bonchev–Trinajstić information content (AvgIpc) is 3.30. The summed E-state index contributed by atoms with van der Waals surface area (Å²) in [4.78, 5) is 0.139. The van der Waals surface area contributed by atoms with E-state index >= 15 is 0 Å². The number of hydrogen-bond acceptors (Lipinski definition) is 4. The van der Waals surface area contributed by atoms with Crippen LogP contribution in [-0.2, 0) is 35.8 Å². The Labute approximate surface area is 171 Å². The van der Waals surface area contributed by atoms with Gasteiger partial charge in [0.1, 0.15) is 4.90 Å². The maximum Gasteiger partial charge on any atom is 0.416 e. The Hall–Kier alpha value is -2.66. The van der Waals surface area contributed by atoms with E-state index in [2.05, 4.69) is 10.2 Å². The molecule has 30 heavy (non-hydrogen) atoms. The Bertz CT molecular complexity index is 1150. The zero-order valence-corrected chi connectivity index (χ0v) is 17.0. The third-order valence-corrected chi connectivity index (χ3v) is 6.86. The number of halogens is 3. The van der Waals surface area contributed by atoms with Gasteiger partial charge in [-0.15, -0.1) is 0 Å². The van der Waals surface area contributed by atoms with Gasteiger partial charge in [0.15, 0.2) is 0 Å². The quantitative estimate of drug-likeness (QED) is 0.625. The second-order valence-electron chi connectivity index (χ2n) is 7.04. The van der Waals surface area contributed by atoms with Gasteiger partial charge in [-0.3, -0.25) is 9.36 Å². The van der Waals surface area contributed by atoms with E-state index in [0.29, 0.717) is 43.0 Å². The summed E-state index contributed by atoms with van der Waals surface area (Å²) in [6.45, 7) is 3.44. The van der Waals surface area contributed by atoms with Gasteiger partial charge in [-0.05, 0) is 31.5 Å². The third kappa shape index (κ3) is 3.86. The molecule has 0 aliphatic carbocycles. The zero-order valence-electron chi connectivity index (χ0n) is 16.2. The lowest BCUT2D eigenvalue weighted by molar-refractivity contribution is -0.137. The normalized spacial score (nSPS) is 15.7. The summed E-state index contributed by atoms with van der Waals surface area (Å²) < 4.78 is 69.1. The first-order valence-corrected chi connectivity index (χ1v) is 10.9. The summed E-state index contributed by atoms with van der Waals surface area (Å²) in [5.74, 6) is 0. The van der Waals surface area contributed by atoms with Crippen molar-refractivity contribution in [1.29, 1.82) is 0 Å². The molecule has 3 aromatic rings. The van der Waals surface area contributed by atoms with Crippen LogP contribution in [0, 0.1) is 0 Å². The minimum absolute atomic E-state index is 0.132. The monoisotopic (exact) mass is 439 g/mol. The van der Waals surface area contributed by atoms with E-state index < -0.39 is 21.8 Å². The molecule has 3 heterocycles. The van der Waals surface area contributed by atoms with Crippen molar-refractivity contribution >= 4 is 10.0 Å². The topological polar surface area (TPSA) is 73.0 Å². The molecule has 0 fully saturated rings. The fourth-order valence-corrected chi connectivity index (χ4v) is 4.81. The van der Waals surface area contributed by atoms with Crippen LogP contribution in [0.2, 0.25) is 0 Å². The lowest BCUT2D eigenvalue weighted by atomic mass is 10.1. The van der Waals surface area contributed by atoms with Crippen LogP contribution < -0.4 is 0 Å². The molecule has 0 unspecified atom stereocenters. The van der Waals surface area contributed by atoms with Gasteiger partial charge in [0.25, 0.3) is 0 Å². The highest BCUT2D eigenvalue weighted by atomic mass is 32.2. The summed E-state index contributed by atoms with van der Waals surface area (Å²) in [5.41, 5.74) is 1.02. The molecule has 11 heteroatoms. The smallest absolute Gasteiger partial charge is 0.272 e. The van der Waals surface area contributed by atoms with Crippen molar-refractivity contribution in [3.05, 3.63) is 54.0 Å². The van der Waals surface area contributed by atoms with Crippen molar-refractivity contribution in [3.8, 4) is 11.3 Å². The SMILES string of the molecule is CCn1cc(S(=O)(=O)N2CCCn3nc(-c4ccc(C(F)(F)F)cc4)cc3C2)cn1. The van der Waals surface area contributed by atoms with Crippen molar-refractivity contribution in [2.24, 2.45) is 0 Å². The van der Waals surface area contributed by atoms with Crippen LogP contribution in [0.1, 0.15) is 24.6 Å². The largest absolute Gasteiger partial charge is 0.416 e. The van der Waals surface area contributed by atoms with Crippen LogP contribution in [-0.4, -0.2) is 38.8 Å². The maximum atomic E-state index is 13.0.